The quantitative estimate of drug-likeness (QED) is 0.684. The minimum Gasteiger partial charge on any atom is -0.353 e. The van der Waals surface area contributed by atoms with Gasteiger partial charge in [-0.2, -0.15) is 5.10 Å². The van der Waals surface area contributed by atoms with Crippen LogP contribution in [0.2, 0.25) is 5.02 Å². The van der Waals surface area contributed by atoms with Crippen molar-refractivity contribution in [3.8, 4) is 0 Å². The van der Waals surface area contributed by atoms with Crippen molar-refractivity contribution in [1.82, 2.24) is 19.7 Å². The van der Waals surface area contributed by atoms with Crippen LogP contribution >= 0.6 is 11.6 Å². The van der Waals surface area contributed by atoms with E-state index in [-0.39, 0.29) is 5.56 Å². The summed E-state index contributed by atoms with van der Waals surface area (Å²) >= 11 is 6.57. The normalized spacial score (nSPS) is 15.2. The lowest BCUT2D eigenvalue weighted by Crippen LogP contribution is -2.28. The van der Waals surface area contributed by atoms with Crippen LogP contribution in [0.5, 0.6) is 0 Å². The van der Waals surface area contributed by atoms with Crippen molar-refractivity contribution in [2.45, 2.75) is 32.7 Å². The summed E-state index contributed by atoms with van der Waals surface area (Å²) in [5.74, 6) is 0.797. The Kier molecular flexibility index (Phi) is 5.42. The zero-order chi connectivity index (χ0) is 19.7. The number of aromatic nitrogens is 3. The van der Waals surface area contributed by atoms with E-state index in [1.807, 2.05) is 12.1 Å². The van der Waals surface area contributed by atoms with Gasteiger partial charge in [-0.15, -0.1) is 0 Å². The summed E-state index contributed by atoms with van der Waals surface area (Å²) in [5.41, 5.74) is 3.10. The highest BCUT2D eigenvalue weighted by molar-refractivity contribution is 6.34. The zero-order valence-electron chi connectivity index (χ0n) is 16.3. The molecule has 0 bridgehead atoms. The largest absolute Gasteiger partial charge is 0.353 e. The van der Waals surface area contributed by atoms with E-state index in [1.165, 1.54) is 23.9 Å². The third-order valence-electron chi connectivity index (χ3n) is 5.74. The van der Waals surface area contributed by atoms with E-state index in [4.69, 9.17) is 11.6 Å². The van der Waals surface area contributed by atoms with E-state index in [0.717, 1.165) is 42.1 Å². The number of fused-ring (bicyclic) bond motifs is 1. The predicted molar refractivity (Wildman–Crippen MR) is 115 cm³/mol. The van der Waals surface area contributed by atoms with Gasteiger partial charge in [0.2, 0.25) is 0 Å². The lowest BCUT2D eigenvalue weighted by atomic mass is 9.95. The minimum atomic E-state index is -0.119. The van der Waals surface area contributed by atoms with Crippen molar-refractivity contribution >= 4 is 33.9 Å². The van der Waals surface area contributed by atoms with Gasteiger partial charge >= 0.3 is 0 Å². The molecular formula is C21H26ClN5O. The first-order valence-electron chi connectivity index (χ1n) is 9.82. The average Bonchev–Trinajstić information content (AvgIpc) is 3.09. The highest BCUT2D eigenvalue weighted by Gasteiger charge is 2.14. The molecule has 0 spiro atoms. The Morgan fingerprint density at radius 1 is 1.29 bits per heavy atom. The predicted octanol–water partition coefficient (Wildman–Crippen LogP) is 3.83. The molecule has 1 aliphatic rings. The highest BCUT2D eigenvalue weighted by atomic mass is 35.5. The van der Waals surface area contributed by atoms with E-state index in [0.29, 0.717) is 16.3 Å². The van der Waals surface area contributed by atoms with Gasteiger partial charge in [0.15, 0.2) is 0 Å². The summed E-state index contributed by atoms with van der Waals surface area (Å²) in [6.45, 7) is 5.06. The second kappa shape index (κ2) is 7.97. The number of nitrogens with one attached hydrogen (secondary N) is 2. The van der Waals surface area contributed by atoms with E-state index in [2.05, 4.69) is 32.6 Å². The first kappa shape index (κ1) is 19.0. The maximum absolute atomic E-state index is 12.1. The average molecular weight is 400 g/mol. The van der Waals surface area contributed by atoms with Crippen LogP contribution in [0.25, 0.3) is 10.9 Å². The third-order valence-corrected chi connectivity index (χ3v) is 6.06. The molecule has 3 heterocycles. The number of anilines is 2. The van der Waals surface area contributed by atoms with E-state index >= 15 is 0 Å². The van der Waals surface area contributed by atoms with Crippen molar-refractivity contribution in [3.63, 3.8) is 0 Å². The molecule has 7 heteroatoms. The fraction of sp³-hybridized carbons (Fsp3) is 0.429. The monoisotopic (exact) mass is 399 g/mol. The molecule has 148 valence electrons. The number of piperidine rings is 1. The van der Waals surface area contributed by atoms with Crippen molar-refractivity contribution < 1.29 is 0 Å². The first-order valence-corrected chi connectivity index (χ1v) is 10.2. The van der Waals surface area contributed by atoms with Crippen LogP contribution in [0.3, 0.4) is 0 Å². The van der Waals surface area contributed by atoms with Gasteiger partial charge < -0.3 is 15.2 Å². The van der Waals surface area contributed by atoms with Crippen LogP contribution in [0.4, 0.5) is 11.4 Å². The number of halogens is 1. The molecule has 3 aromatic rings. The SMILES string of the molecule is Cc1c(Nc2cc3ccn(CCC4CCNCC4)c3cc2Cl)cnn(C)c1=O. The van der Waals surface area contributed by atoms with Crippen LogP contribution in [0, 0.1) is 12.8 Å². The van der Waals surface area contributed by atoms with E-state index in [1.54, 1.807) is 20.2 Å². The van der Waals surface area contributed by atoms with Gasteiger partial charge in [0.1, 0.15) is 0 Å². The maximum atomic E-state index is 12.1. The highest BCUT2D eigenvalue weighted by Crippen LogP contribution is 2.32. The molecule has 1 fully saturated rings. The Morgan fingerprint density at radius 2 is 2.07 bits per heavy atom. The Bertz CT molecular complexity index is 1050. The standard InChI is InChI=1S/C21H26ClN5O/c1-14-19(13-24-26(2)21(14)28)25-18-11-16-6-10-27(20(16)12-17(18)22)9-5-15-3-7-23-8-4-15/h6,10-13,15,23,25H,3-5,7-9H2,1-2H3. The summed E-state index contributed by atoms with van der Waals surface area (Å²) in [4.78, 5) is 12.1. The molecule has 6 nitrogen and oxygen atoms in total. The van der Waals surface area contributed by atoms with Gasteiger partial charge in [0.25, 0.3) is 5.56 Å². The number of benzene rings is 1. The Labute approximate surface area is 169 Å². The second-order valence-electron chi connectivity index (χ2n) is 7.62. The molecule has 0 atom stereocenters. The number of nitrogens with zero attached hydrogens (tertiary/aromatic N) is 3. The van der Waals surface area contributed by atoms with Gasteiger partial charge in [-0.25, -0.2) is 4.68 Å². The molecule has 0 radical (unpaired) electrons. The fourth-order valence-electron chi connectivity index (χ4n) is 3.92. The van der Waals surface area contributed by atoms with Crippen LogP contribution in [-0.2, 0) is 13.6 Å². The smallest absolute Gasteiger partial charge is 0.271 e. The number of aryl methyl sites for hydroxylation is 2. The van der Waals surface area contributed by atoms with Gasteiger partial charge in [0, 0.05) is 36.3 Å². The van der Waals surface area contributed by atoms with Crippen LogP contribution in [0.15, 0.2) is 35.4 Å². The van der Waals surface area contributed by atoms with Gasteiger partial charge in [0.05, 0.1) is 22.6 Å². The molecular weight excluding hydrogens is 374 g/mol. The summed E-state index contributed by atoms with van der Waals surface area (Å²) in [6.07, 6.45) is 7.51. The molecule has 2 aromatic heterocycles. The zero-order valence-corrected chi connectivity index (χ0v) is 17.1. The molecule has 0 aliphatic carbocycles. The molecule has 28 heavy (non-hydrogen) atoms. The van der Waals surface area contributed by atoms with E-state index < -0.39 is 0 Å². The third kappa shape index (κ3) is 3.80. The Balaban J connectivity index is 1.56. The van der Waals surface area contributed by atoms with Crippen molar-refractivity contribution in [2.75, 3.05) is 18.4 Å². The molecule has 0 unspecified atom stereocenters. The van der Waals surface area contributed by atoms with Crippen LogP contribution in [0.1, 0.15) is 24.8 Å². The fourth-order valence-corrected chi connectivity index (χ4v) is 4.12. The summed E-state index contributed by atoms with van der Waals surface area (Å²) in [7, 11) is 1.64. The number of rotatable bonds is 5. The Hall–Kier alpha value is -2.31. The van der Waals surface area contributed by atoms with E-state index in [9.17, 15) is 4.79 Å². The topological polar surface area (TPSA) is 63.9 Å². The van der Waals surface area contributed by atoms with Crippen molar-refractivity contribution in [3.05, 3.63) is 51.5 Å². The maximum Gasteiger partial charge on any atom is 0.271 e. The number of hydrogen-bond donors (Lipinski definition) is 2. The number of hydrogen-bond acceptors (Lipinski definition) is 4. The van der Waals surface area contributed by atoms with Crippen molar-refractivity contribution in [2.24, 2.45) is 13.0 Å². The Morgan fingerprint density at radius 3 is 2.86 bits per heavy atom. The van der Waals surface area contributed by atoms with Crippen molar-refractivity contribution in [1.29, 1.82) is 0 Å². The molecule has 0 saturated carbocycles. The first-order chi connectivity index (χ1) is 13.5. The van der Waals surface area contributed by atoms with Gasteiger partial charge in [-0.05, 0) is 63.4 Å². The van der Waals surface area contributed by atoms with Crippen LogP contribution < -0.4 is 16.2 Å². The molecule has 1 saturated heterocycles. The summed E-state index contributed by atoms with van der Waals surface area (Å²) in [5, 5.41) is 12.6. The molecule has 4 rings (SSSR count). The van der Waals surface area contributed by atoms with Gasteiger partial charge in [-0.1, -0.05) is 11.6 Å². The summed E-state index contributed by atoms with van der Waals surface area (Å²) in [6, 6.07) is 6.16. The molecule has 2 N–H and O–H groups in total. The summed E-state index contributed by atoms with van der Waals surface area (Å²) < 4.78 is 3.62. The molecule has 1 aromatic carbocycles. The van der Waals surface area contributed by atoms with Gasteiger partial charge in [-0.3, -0.25) is 4.79 Å². The lowest BCUT2D eigenvalue weighted by molar-refractivity contribution is 0.339. The minimum absolute atomic E-state index is 0.119. The molecule has 0 amide bonds. The molecule has 1 aliphatic heterocycles. The lowest BCUT2D eigenvalue weighted by Gasteiger charge is -2.22. The second-order valence-corrected chi connectivity index (χ2v) is 8.03. The van der Waals surface area contributed by atoms with Crippen LogP contribution in [-0.4, -0.2) is 27.4 Å².